The molecule has 3 aliphatic rings. The molecule has 25 heavy (non-hydrogen) atoms. The van der Waals surface area contributed by atoms with Crippen LogP contribution >= 0.6 is 11.3 Å². The molecule has 4 rings (SSSR count). The number of carbonyl (C=O) groups excluding carboxylic acids is 1. The second-order valence-electron chi connectivity index (χ2n) is 8.44. The standard InChI is InChI=1S/C18H25F2N3OS/c1-12-21-6-15(25-12)16(24)23-9-14-8-22(10-17(14,2)11-23)7-13-3-4-18(19,20)5-13/h6,13-14H,3-5,7-11H2,1-2H3/t13?,14-,17+/m0/s1. The number of hydrogen-bond donors (Lipinski definition) is 0. The van der Waals surface area contributed by atoms with Crippen molar-refractivity contribution < 1.29 is 13.6 Å². The summed E-state index contributed by atoms with van der Waals surface area (Å²) in [5, 5.41) is 0.911. The van der Waals surface area contributed by atoms with Crippen LogP contribution in [-0.2, 0) is 0 Å². The van der Waals surface area contributed by atoms with E-state index in [2.05, 4.69) is 16.8 Å². The molecule has 7 heteroatoms. The van der Waals surface area contributed by atoms with Crippen LogP contribution in [0.25, 0.3) is 0 Å². The molecular formula is C18H25F2N3OS. The van der Waals surface area contributed by atoms with Crippen molar-refractivity contribution in [1.29, 1.82) is 0 Å². The van der Waals surface area contributed by atoms with Crippen LogP contribution < -0.4 is 0 Å². The number of halogens is 2. The third kappa shape index (κ3) is 3.33. The number of nitrogens with zero attached hydrogens (tertiary/aromatic N) is 3. The Kier molecular flexibility index (Phi) is 4.15. The van der Waals surface area contributed by atoms with Crippen molar-refractivity contribution in [3.8, 4) is 0 Å². The van der Waals surface area contributed by atoms with Crippen LogP contribution in [0.1, 0.15) is 40.9 Å². The minimum absolute atomic E-state index is 0.0419. The fourth-order valence-electron chi connectivity index (χ4n) is 4.93. The molecule has 1 aromatic rings. The first-order valence-corrected chi connectivity index (χ1v) is 9.88. The molecule has 2 saturated heterocycles. The second-order valence-corrected chi connectivity index (χ2v) is 9.67. The lowest BCUT2D eigenvalue weighted by atomic mass is 9.83. The largest absolute Gasteiger partial charge is 0.337 e. The third-order valence-electron chi connectivity index (χ3n) is 6.18. The van der Waals surface area contributed by atoms with Gasteiger partial charge >= 0.3 is 0 Å². The van der Waals surface area contributed by atoms with E-state index in [9.17, 15) is 13.6 Å². The van der Waals surface area contributed by atoms with Crippen LogP contribution in [0, 0.1) is 24.2 Å². The number of alkyl halides is 2. The van der Waals surface area contributed by atoms with Crippen LogP contribution in [-0.4, -0.2) is 59.3 Å². The zero-order valence-corrected chi connectivity index (χ0v) is 15.6. The molecule has 0 bridgehead atoms. The Balaban J connectivity index is 1.35. The molecule has 2 aliphatic heterocycles. The van der Waals surface area contributed by atoms with Gasteiger partial charge < -0.3 is 9.80 Å². The summed E-state index contributed by atoms with van der Waals surface area (Å²) in [5.41, 5.74) is 0.0799. The van der Waals surface area contributed by atoms with Gasteiger partial charge in [0, 0.05) is 51.0 Å². The maximum atomic E-state index is 13.4. The van der Waals surface area contributed by atoms with E-state index in [1.807, 2.05) is 11.8 Å². The lowest BCUT2D eigenvalue weighted by Gasteiger charge is -2.26. The molecule has 1 unspecified atom stereocenters. The van der Waals surface area contributed by atoms with Gasteiger partial charge in [0.25, 0.3) is 5.91 Å². The minimum atomic E-state index is -2.46. The zero-order chi connectivity index (χ0) is 17.8. The molecule has 3 heterocycles. The summed E-state index contributed by atoms with van der Waals surface area (Å²) in [7, 11) is 0. The smallest absolute Gasteiger partial charge is 0.265 e. The highest BCUT2D eigenvalue weighted by Crippen LogP contribution is 2.45. The van der Waals surface area contributed by atoms with Gasteiger partial charge in [0.05, 0.1) is 11.2 Å². The van der Waals surface area contributed by atoms with Gasteiger partial charge in [0.15, 0.2) is 0 Å². The summed E-state index contributed by atoms with van der Waals surface area (Å²) in [6, 6.07) is 0. The zero-order valence-electron chi connectivity index (χ0n) is 14.8. The molecule has 138 valence electrons. The van der Waals surface area contributed by atoms with Crippen molar-refractivity contribution in [3.63, 3.8) is 0 Å². The topological polar surface area (TPSA) is 36.4 Å². The number of fused-ring (bicyclic) bond motifs is 1. The molecule has 1 saturated carbocycles. The Morgan fingerprint density at radius 3 is 2.80 bits per heavy atom. The van der Waals surface area contributed by atoms with Crippen LogP contribution in [0.3, 0.4) is 0 Å². The Labute approximate surface area is 151 Å². The Morgan fingerprint density at radius 1 is 1.40 bits per heavy atom. The predicted octanol–water partition coefficient (Wildman–Crippen LogP) is 3.28. The minimum Gasteiger partial charge on any atom is -0.337 e. The van der Waals surface area contributed by atoms with Crippen molar-refractivity contribution in [3.05, 3.63) is 16.1 Å². The average Bonchev–Trinajstić information content (AvgIpc) is 3.22. The van der Waals surface area contributed by atoms with Gasteiger partial charge in [-0.25, -0.2) is 13.8 Å². The maximum absolute atomic E-state index is 13.4. The van der Waals surface area contributed by atoms with Crippen molar-refractivity contribution in [2.45, 2.75) is 39.0 Å². The summed E-state index contributed by atoms with van der Waals surface area (Å²) in [4.78, 5) is 21.9. The van der Waals surface area contributed by atoms with Crippen LogP contribution in [0.4, 0.5) is 8.78 Å². The lowest BCUT2D eigenvalue weighted by Crippen LogP contribution is -2.36. The van der Waals surface area contributed by atoms with E-state index in [-0.39, 0.29) is 30.1 Å². The number of amides is 1. The molecule has 0 radical (unpaired) electrons. The number of likely N-dealkylation sites (tertiary alicyclic amines) is 2. The second kappa shape index (κ2) is 5.98. The fraction of sp³-hybridized carbons (Fsp3) is 0.778. The van der Waals surface area contributed by atoms with E-state index >= 15 is 0 Å². The number of hydrogen-bond acceptors (Lipinski definition) is 4. The molecule has 0 aromatic carbocycles. The number of thiazole rings is 1. The van der Waals surface area contributed by atoms with Crippen LogP contribution in [0.2, 0.25) is 0 Å². The molecule has 1 aromatic heterocycles. The predicted molar refractivity (Wildman–Crippen MR) is 93.1 cm³/mol. The normalized spacial score (nSPS) is 34.6. The summed E-state index contributed by atoms with van der Waals surface area (Å²) in [5.74, 6) is -1.81. The average molecular weight is 369 g/mol. The van der Waals surface area contributed by atoms with Crippen molar-refractivity contribution in [1.82, 2.24) is 14.8 Å². The molecule has 3 atom stereocenters. The number of rotatable bonds is 3. The van der Waals surface area contributed by atoms with Crippen molar-refractivity contribution in [2.24, 2.45) is 17.3 Å². The molecule has 0 N–H and O–H groups in total. The van der Waals surface area contributed by atoms with E-state index in [0.29, 0.717) is 17.2 Å². The molecule has 0 spiro atoms. The van der Waals surface area contributed by atoms with Gasteiger partial charge in [-0.15, -0.1) is 11.3 Å². The van der Waals surface area contributed by atoms with Crippen LogP contribution in [0.5, 0.6) is 0 Å². The van der Waals surface area contributed by atoms with Gasteiger partial charge in [0.2, 0.25) is 5.92 Å². The SMILES string of the molecule is Cc1ncc(C(=O)N2C[C@@H]3CN(CC4CCC(F)(F)C4)C[C@]3(C)C2)s1. The Bertz CT molecular complexity index is 679. The van der Waals surface area contributed by atoms with E-state index in [0.717, 1.165) is 37.7 Å². The van der Waals surface area contributed by atoms with Gasteiger partial charge in [-0.1, -0.05) is 6.92 Å². The van der Waals surface area contributed by atoms with Crippen molar-refractivity contribution >= 4 is 17.2 Å². The first kappa shape index (κ1) is 17.3. The molecule has 3 fully saturated rings. The summed E-state index contributed by atoms with van der Waals surface area (Å²) in [6.45, 7) is 8.28. The number of carbonyl (C=O) groups is 1. The molecular weight excluding hydrogens is 344 g/mol. The van der Waals surface area contributed by atoms with E-state index in [4.69, 9.17) is 0 Å². The Hall–Kier alpha value is -1.08. The Morgan fingerprint density at radius 2 is 2.20 bits per heavy atom. The fourth-order valence-corrected chi connectivity index (χ4v) is 5.68. The molecule has 4 nitrogen and oxygen atoms in total. The number of aromatic nitrogens is 1. The van der Waals surface area contributed by atoms with Gasteiger partial charge in [-0.05, 0) is 25.2 Å². The quantitative estimate of drug-likeness (QED) is 0.820. The first-order chi connectivity index (χ1) is 11.7. The van der Waals surface area contributed by atoms with Crippen LogP contribution in [0.15, 0.2) is 6.20 Å². The highest BCUT2D eigenvalue weighted by atomic mass is 32.1. The molecule has 1 aliphatic carbocycles. The summed E-state index contributed by atoms with van der Waals surface area (Å²) >= 11 is 1.45. The summed E-state index contributed by atoms with van der Waals surface area (Å²) < 4.78 is 26.8. The first-order valence-electron chi connectivity index (χ1n) is 9.06. The third-order valence-corrected chi connectivity index (χ3v) is 7.08. The van der Waals surface area contributed by atoms with E-state index in [1.165, 1.54) is 11.3 Å². The molecule has 1 amide bonds. The van der Waals surface area contributed by atoms with E-state index < -0.39 is 5.92 Å². The van der Waals surface area contributed by atoms with Gasteiger partial charge in [0.1, 0.15) is 4.88 Å². The highest BCUT2D eigenvalue weighted by Gasteiger charge is 2.51. The lowest BCUT2D eigenvalue weighted by molar-refractivity contribution is 0.00354. The van der Waals surface area contributed by atoms with Gasteiger partial charge in [-0.3, -0.25) is 4.79 Å². The monoisotopic (exact) mass is 369 g/mol. The van der Waals surface area contributed by atoms with Crippen molar-refractivity contribution in [2.75, 3.05) is 32.7 Å². The van der Waals surface area contributed by atoms with E-state index in [1.54, 1.807) is 6.20 Å². The number of aryl methyl sites for hydroxylation is 1. The summed E-state index contributed by atoms with van der Waals surface area (Å²) in [6.07, 6.45) is 2.40. The van der Waals surface area contributed by atoms with Gasteiger partial charge in [-0.2, -0.15) is 0 Å². The highest BCUT2D eigenvalue weighted by molar-refractivity contribution is 7.13. The maximum Gasteiger partial charge on any atom is 0.265 e.